The minimum absolute atomic E-state index is 0.233. The largest absolute Gasteiger partial charge is 0.466 e. The minimum Gasteiger partial charge on any atom is -0.466 e. The zero-order valence-corrected chi connectivity index (χ0v) is 19.5. The molecule has 0 saturated carbocycles. The van der Waals surface area contributed by atoms with E-state index in [0.29, 0.717) is 17.2 Å². The molecule has 1 fully saturated rings. The van der Waals surface area contributed by atoms with Gasteiger partial charge in [0.1, 0.15) is 18.0 Å². The molecule has 1 atom stereocenters. The van der Waals surface area contributed by atoms with Crippen LogP contribution >= 0.6 is 0 Å². The van der Waals surface area contributed by atoms with Crippen LogP contribution in [0.5, 0.6) is 0 Å². The number of benzene rings is 2. The van der Waals surface area contributed by atoms with E-state index in [-0.39, 0.29) is 11.9 Å². The van der Waals surface area contributed by atoms with Crippen molar-refractivity contribution in [3.05, 3.63) is 78.1 Å². The lowest BCUT2D eigenvalue weighted by atomic mass is 9.90. The van der Waals surface area contributed by atoms with Gasteiger partial charge in [-0.3, -0.25) is 0 Å². The predicted molar refractivity (Wildman–Crippen MR) is 137 cm³/mol. The van der Waals surface area contributed by atoms with Gasteiger partial charge >= 0.3 is 12.0 Å². The summed E-state index contributed by atoms with van der Waals surface area (Å²) in [6.45, 7) is 1.53. The number of methoxy groups -OCH3 is 1. The molecular formula is C26H28N6O3. The molecule has 0 bridgehead atoms. The van der Waals surface area contributed by atoms with Crippen molar-refractivity contribution in [1.29, 1.82) is 0 Å². The number of rotatable bonds is 6. The number of ether oxygens (including phenoxy) is 1. The molecule has 1 aliphatic heterocycles. The summed E-state index contributed by atoms with van der Waals surface area (Å²) in [5.74, 6) is 0.736. The molecule has 2 aromatic carbocycles. The molecule has 180 valence electrons. The maximum absolute atomic E-state index is 12.4. The molecule has 1 aliphatic rings. The molecule has 2 amide bonds. The summed E-state index contributed by atoms with van der Waals surface area (Å²) in [5, 5.41) is 5.74. The fraction of sp³-hybridized carbons (Fsp3) is 0.231. The van der Waals surface area contributed by atoms with Crippen molar-refractivity contribution in [2.75, 3.05) is 41.5 Å². The van der Waals surface area contributed by atoms with Crippen molar-refractivity contribution < 1.29 is 14.3 Å². The number of amides is 2. The van der Waals surface area contributed by atoms with Crippen LogP contribution in [-0.4, -0.2) is 42.2 Å². The van der Waals surface area contributed by atoms with E-state index in [2.05, 4.69) is 36.3 Å². The zero-order valence-electron chi connectivity index (χ0n) is 19.5. The molecule has 0 spiro atoms. The van der Waals surface area contributed by atoms with Gasteiger partial charge in [-0.05, 0) is 48.7 Å². The normalized spacial score (nSPS) is 15.6. The Morgan fingerprint density at radius 2 is 1.86 bits per heavy atom. The van der Waals surface area contributed by atoms with E-state index in [1.807, 2.05) is 48.5 Å². The highest BCUT2D eigenvalue weighted by molar-refractivity contribution is 5.99. The van der Waals surface area contributed by atoms with Crippen molar-refractivity contribution in [3.8, 4) is 0 Å². The Hall–Kier alpha value is -4.40. The minimum atomic E-state index is -0.476. The molecule has 35 heavy (non-hydrogen) atoms. The van der Waals surface area contributed by atoms with Crippen LogP contribution in [0.3, 0.4) is 0 Å². The van der Waals surface area contributed by atoms with E-state index in [1.54, 1.807) is 6.08 Å². The molecule has 1 saturated heterocycles. The molecule has 4 rings (SSSR count). The second kappa shape index (κ2) is 11.1. The molecule has 1 aromatic heterocycles. The van der Waals surface area contributed by atoms with Gasteiger partial charge in [-0.2, -0.15) is 0 Å². The van der Waals surface area contributed by atoms with Crippen molar-refractivity contribution >= 4 is 41.1 Å². The number of nitrogens with one attached hydrogen (secondary N) is 2. The van der Waals surface area contributed by atoms with Crippen LogP contribution < -0.4 is 21.3 Å². The number of nitrogens with zero attached hydrogens (tertiary/aromatic N) is 3. The smallest absolute Gasteiger partial charge is 0.330 e. The van der Waals surface area contributed by atoms with Crippen LogP contribution in [0.4, 0.5) is 27.8 Å². The van der Waals surface area contributed by atoms with Gasteiger partial charge < -0.3 is 26.0 Å². The van der Waals surface area contributed by atoms with Crippen LogP contribution in [0, 0.1) is 0 Å². The Bertz CT molecular complexity index is 1210. The summed E-state index contributed by atoms with van der Waals surface area (Å²) in [5.41, 5.74) is 9.26. The maximum Gasteiger partial charge on any atom is 0.330 e. The highest BCUT2D eigenvalue weighted by Gasteiger charge is 2.25. The number of piperidine rings is 1. The molecule has 2 heterocycles. The van der Waals surface area contributed by atoms with Crippen LogP contribution in [0.25, 0.3) is 6.08 Å². The Kier molecular flexibility index (Phi) is 7.57. The van der Waals surface area contributed by atoms with Gasteiger partial charge in [0.25, 0.3) is 0 Å². The van der Waals surface area contributed by atoms with Crippen LogP contribution in [0.15, 0.2) is 67.0 Å². The Labute approximate surface area is 204 Å². The van der Waals surface area contributed by atoms with E-state index in [9.17, 15) is 9.59 Å². The number of esters is 1. The molecule has 0 aliphatic carbocycles. The standard InChI is InChI=1S/C26H28N6O3/c1-35-23(33)13-12-22-24(27)28-17-29-25(22)32-14-6-8-19(16-32)18-7-5-11-21(15-18)31-26(34)30-20-9-3-2-4-10-20/h2-5,7,9-13,15,17,19H,6,8,14,16H2,1H3,(H2,27,28,29)(H2,30,31,34). The molecule has 9 heteroatoms. The summed E-state index contributed by atoms with van der Waals surface area (Å²) in [7, 11) is 1.32. The number of para-hydroxylation sites is 1. The Balaban J connectivity index is 1.48. The van der Waals surface area contributed by atoms with Crippen LogP contribution in [0.1, 0.15) is 29.9 Å². The maximum atomic E-state index is 12.4. The first-order valence-corrected chi connectivity index (χ1v) is 11.4. The van der Waals surface area contributed by atoms with Crippen molar-refractivity contribution in [2.24, 2.45) is 0 Å². The first-order chi connectivity index (χ1) is 17.0. The average molecular weight is 473 g/mol. The lowest BCUT2D eigenvalue weighted by Gasteiger charge is -2.34. The topological polar surface area (TPSA) is 122 Å². The lowest BCUT2D eigenvalue weighted by molar-refractivity contribution is -0.134. The Morgan fingerprint density at radius 1 is 1.09 bits per heavy atom. The SMILES string of the molecule is COC(=O)C=Cc1c(N)ncnc1N1CCCC(c2cccc(NC(=O)Nc3ccccc3)c2)C1. The quantitative estimate of drug-likeness (QED) is 0.362. The van der Waals surface area contributed by atoms with Gasteiger partial charge in [0.15, 0.2) is 0 Å². The van der Waals surface area contributed by atoms with Gasteiger partial charge in [-0.25, -0.2) is 19.6 Å². The van der Waals surface area contributed by atoms with Crippen molar-refractivity contribution in [1.82, 2.24) is 9.97 Å². The second-order valence-electron chi connectivity index (χ2n) is 8.21. The highest BCUT2D eigenvalue weighted by atomic mass is 16.5. The fourth-order valence-corrected chi connectivity index (χ4v) is 4.16. The van der Waals surface area contributed by atoms with Gasteiger partial charge in [0, 0.05) is 36.5 Å². The van der Waals surface area contributed by atoms with E-state index in [4.69, 9.17) is 5.73 Å². The third-order valence-corrected chi connectivity index (χ3v) is 5.85. The van der Waals surface area contributed by atoms with Gasteiger partial charge in [-0.1, -0.05) is 30.3 Å². The van der Waals surface area contributed by atoms with E-state index < -0.39 is 5.97 Å². The number of hydrogen-bond donors (Lipinski definition) is 3. The van der Waals surface area contributed by atoms with E-state index in [1.165, 1.54) is 19.5 Å². The van der Waals surface area contributed by atoms with Crippen LogP contribution in [0.2, 0.25) is 0 Å². The van der Waals surface area contributed by atoms with Crippen molar-refractivity contribution in [2.45, 2.75) is 18.8 Å². The summed E-state index contributed by atoms with van der Waals surface area (Å²) in [4.78, 5) is 34.7. The predicted octanol–water partition coefficient (Wildman–Crippen LogP) is 4.27. The van der Waals surface area contributed by atoms with Crippen LogP contribution in [-0.2, 0) is 9.53 Å². The molecule has 1 unspecified atom stereocenters. The second-order valence-corrected chi connectivity index (χ2v) is 8.21. The van der Waals surface area contributed by atoms with E-state index >= 15 is 0 Å². The zero-order chi connectivity index (χ0) is 24.6. The van der Waals surface area contributed by atoms with Crippen molar-refractivity contribution in [3.63, 3.8) is 0 Å². The number of carbonyl (C=O) groups is 2. The first kappa shape index (κ1) is 23.7. The van der Waals surface area contributed by atoms with Gasteiger partial charge in [0.05, 0.1) is 12.7 Å². The monoisotopic (exact) mass is 472 g/mol. The number of nitrogens with two attached hydrogens (primary N) is 1. The average Bonchev–Trinajstić information content (AvgIpc) is 2.88. The number of urea groups is 1. The lowest BCUT2D eigenvalue weighted by Crippen LogP contribution is -2.35. The summed E-state index contributed by atoms with van der Waals surface area (Å²) in [6, 6.07) is 16.9. The number of nitrogen functional groups attached to an aromatic ring is 1. The number of carbonyl (C=O) groups excluding carboxylic acids is 2. The number of anilines is 4. The third-order valence-electron chi connectivity index (χ3n) is 5.85. The number of hydrogen-bond acceptors (Lipinski definition) is 7. The first-order valence-electron chi connectivity index (χ1n) is 11.4. The molecular weight excluding hydrogens is 444 g/mol. The number of aromatic nitrogens is 2. The summed E-state index contributed by atoms with van der Waals surface area (Å²) >= 11 is 0. The molecule has 3 aromatic rings. The fourth-order valence-electron chi connectivity index (χ4n) is 4.16. The molecule has 9 nitrogen and oxygen atoms in total. The molecule has 4 N–H and O–H groups in total. The summed E-state index contributed by atoms with van der Waals surface area (Å²) in [6.07, 6.45) is 6.30. The third kappa shape index (κ3) is 6.14. The van der Waals surface area contributed by atoms with Gasteiger partial charge in [-0.15, -0.1) is 0 Å². The summed E-state index contributed by atoms with van der Waals surface area (Å²) < 4.78 is 4.69. The molecule has 0 radical (unpaired) electrons. The van der Waals surface area contributed by atoms with Gasteiger partial charge in [0.2, 0.25) is 0 Å². The Morgan fingerprint density at radius 3 is 2.66 bits per heavy atom. The highest BCUT2D eigenvalue weighted by Crippen LogP contribution is 2.33. The van der Waals surface area contributed by atoms with E-state index in [0.717, 1.165) is 42.9 Å².